The normalized spacial score (nSPS) is 23.2. The van der Waals surface area contributed by atoms with Gasteiger partial charge in [0.2, 0.25) is 0 Å². The molecule has 0 saturated heterocycles. The van der Waals surface area contributed by atoms with Crippen LogP contribution in [-0.4, -0.2) is 11.6 Å². The molecule has 0 amide bonds. The Morgan fingerprint density at radius 3 is 2.75 bits per heavy atom. The molecule has 3 aliphatic carbocycles. The van der Waals surface area contributed by atoms with E-state index in [0.29, 0.717) is 0 Å². The Balaban J connectivity index is 1.87. The molecule has 0 aliphatic heterocycles. The number of carbonyl (C=O) groups is 2. The number of fused-ring (bicyclic) bond motifs is 3. The number of rotatable bonds is 0. The van der Waals surface area contributed by atoms with Crippen LogP contribution in [0.1, 0.15) is 15.9 Å². The van der Waals surface area contributed by atoms with Crippen molar-refractivity contribution in [2.45, 2.75) is 6.42 Å². The summed E-state index contributed by atoms with van der Waals surface area (Å²) in [6, 6.07) is 7.77. The number of hydrogen-bond acceptors (Lipinski definition) is 2. The molecule has 1 atom stereocenters. The molecule has 1 unspecified atom stereocenters. The van der Waals surface area contributed by atoms with Gasteiger partial charge in [0.05, 0.1) is 0 Å². The summed E-state index contributed by atoms with van der Waals surface area (Å²) in [4.78, 5) is 24.2. The van der Waals surface area contributed by atoms with Crippen LogP contribution < -0.4 is 0 Å². The third-order valence-corrected chi connectivity index (χ3v) is 4.14. The van der Waals surface area contributed by atoms with Crippen molar-refractivity contribution in [1.29, 1.82) is 0 Å². The van der Waals surface area contributed by atoms with Crippen molar-refractivity contribution in [3.05, 3.63) is 82.5 Å². The van der Waals surface area contributed by atoms with Crippen LogP contribution in [0.3, 0.4) is 0 Å². The van der Waals surface area contributed by atoms with Crippen molar-refractivity contribution in [3.8, 4) is 0 Å². The van der Waals surface area contributed by atoms with Gasteiger partial charge in [-0.2, -0.15) is 0 Å². The molecule has 0 saturated carbocycles. The van der Waals surface area contributed by atoms with Gasteiger partial charge in [0.1, 0.15) is 0 Å². The number of hydrogen-bond donors (Lipinski definition) is 0. The molecule has 1 aromatic rings. The van der Waals surface area contributed by atoms with Gasteiger partial charge in [0, 0.05) is 17.1 Å². The van der Waals surface area contributed by atoms with E-state index >= 15 is 0 Å². The molecule has 0 N–H and O–H groups in total. The highest BCUT2D eigenvalue weighted by Gasteiger charge is 2.33. The molecule has 1 aromatic carbocycles. The van der Waals surface area contributed by atoms with Gasteiger partial charge in [-0.25, -0.2) is 0 Å². The van der Waals surface area contributed by atoms with E-state index in [4.69, 9.17) is 0 Å². The number of benzene rings is 1. The molecule has 0 spiro atoms. The van der Waals surface area contributed by atoms with E-state index in [9.17, 15) is 9.59 Å². The Hall–Kier alpha value is -2.48. The predicted molar refractivity (Wildman–Crippen MR) is 76.4 cm³/mol. The number of Topliss-reactive ketones (excluding diaryl/α,β-unsaturated/α-hetero) is 1. The van der Waals surface area contributed by atoms with Crippen molar-refractivity contribution in [2.24, 2.45) is 5.92 Å². The summed E-state index contributed by atoms with van der Waals surface area (Å²) in [6.07, 6.45) is 9.77. The van der Waals surface area contributed by atoms with Crippen LogP contribution in [0.2, 0.25) is 0 Å². The molecule has 0 aromatic heterocycles. The van der Waals surface area contributed by atoms with Crippen LogP contribution in [0.5, 0.6) is 0 Å². The molecule has 0 bridgehead atoms. The molecule has 4 rings (SSSR count). The van der Waals surface area contributed by atoms with E-state index in [1.165, 1.54) is 0 Å². The van der Waals surface area contributed by atoms with Gasteiger partial charge in [0.15, 0.2) is 11.6 Å². The van der Waals surface area contributed by atoms with E-state index in [1.54, 1.807) is 12.2 Å². The monoisotopic (exact) mass is 260 g/mol. The van der Waals surface area contributed by atoms with Crippen molar-refractivity contribution in [3.63, 3.8) is 0 Å². The smallest absolute Gasteiger partial charge is 0.190 e. The molecule has 0 radical (unpaired) electrons. The van der Waals surface area contributed by atoms with Crippen LogP contribution in [0.15, 0.2) is 71.4 Å². The maximum absolute atomic E-state index is 12.7. The van der Waals surface area contributed by atoms with Crippen molar-refractivity contribution >= 4 is 11.6 Å². The lowest BCUT2D eigenvalue weighted by atomic mass is 9.72. The van der Waals surface area contributed by atoms with Gasteiger partial charge < -0.3 is 0 Å². The van der Waals surface area contributed by atoms with Gasteiger partial charge in [-0.15, -0.1) is 0 Å². The Kier molecular flexibility index (Phi) is 2.27. The average Bonchev–Trinajstić information content (AvgIpc) is 2.47. The molecule has 2 heteroatoms. The minimum Gasteiger partial charge on any atom is -0.290 e. The fraction of sp³-hybridized carbons (Fsp3) is 0.111. The van der Waals surface area contributed by atoms with Gasteiger partial charge in [-0.05, 0) is 35.3 Å². The molecule has 2 nitrogen and oxygen atoms in total. The van der Waals surface area contributed by atoms with Crippen molar-refractivity contribution in [1.82, 2.24) is 0 Å². The average molecular weight is 260 g/mol. The van der Waals surface area contributed by atoms with Crippen molar-refractivity contribution in [2.75, 3.05) is 0 Å². The maximum atomic E-state index is 12.7. The minimum absolute atomic E-state index is 0.00592. The summed E-state index contributed by atoms with van der Waals surface area (Å²) in [5.74, 6) is 0.0308. The highest BCUT2D eigenvalue weighted by molar-refractivity contribution is 6.14. The molecule has 0 heterocycles. The van der Waals surface area contributed by atoms with E-state index in [-0.39, 0.29) is 17.5 Å². The topological polar surface area (TPSA) is 34.1 Å². The van der Waals surface area contributed by atoms with E-state index in [1.807, 2.05) is 42.5 Å². The van der Waals surface area contributed by atoms with Gasteiger partial charge >= 0.3 is 0 Å². The summed E-state index contributed by atoms with van der Waals surface area (Å²) in [6.45, 7) is 0. The fourth-order valence-corrected chi connectivity index (χ4v) is 3.19. The fourth-order valence-electron chi connectivity index (χ4n) is 3.19. The molecule has 0 fully saturated rings. The Labute approximate surface area is 116 Å². The lowest BCUT2D eigenvalue weighted by molar-refractivity contribution is -0.110. The Morgan fingerprint density at radius 1 is 1.00 bits per heavy atom. The zero-order valence-electron chi connectivity index (χ0n) is 10.8. The highest BCUT2D eigenvalue weighted by Crippen LogP contribution is 2.39. The van der Waals surface area contributed by atoms with Crippen LogP contribution in [0, 0.1) is 5.92 Å². The van der Waals surface area contributed by atoms with Gasteiger partial charge in [-0.1, -0.05) is 42.5 Å². The van der Waals surface area contributed by atoms with E-state index < -0.39 is 0 Å². The summed E-state index contributed by atoms with van der Waals surface area (Å²) in [7, 11) is 0. The molecule has 96 valence electrons. The molecular formula is C18H12O2. The number of carbonyl (C=O) groups excluding carboxylic acids is 2. The third-order valence-electron chi connectivity index (χ3n) is 4.14. The first kappa shape index (κ1) is 11.4. The van der Waals surface area contributed by atoms with E-state index in [0.717, 1.165) is 34.3 Å². The summed E-state index contributed by atoms with van der Waals surface area (Å²) in [5.41, 5.74) is 4.72. The summed E-state index contributed by atoms with van der Waals surface area (Å²) in [5, 5.41) is 0. The summed E-state index contributed by atoms with van der Waals surface area (Å²) < 4.78 is 0. The van der Waals surface area contributed by atoms with Gasteiger partial charge in [-0.3, -0.25) is 9.59 Å². The first-order chi connectivity index (χ1) is 9.74. The molecule has 20 heavy (non-hydrogen) atoms. The molecular weight excluding hydrogens is 248 g/mol. The highest BCUT2D eigenvalue weighted by atomic mass is 16.1. The van der Waals surface area contributed by atoms with Crippen LogP contribution in [0.25, 0.3) is 0 Å². The lowest BCUT2D eigenvalue weighted by Crippen LogP contribution is -2.25. The Morgan fingerprint density at radius 2 is 1.85 bits per heavy atom. The third kappa shape index (κ3) is 1.51. The minimum atomic E-state index is -0.0615. The zero-order valence-corrected chi connectivity index (χ0v) is 10.8. The first-order valence-corrected chi connectivity index (χ1v) is 6.71. The Bertz CT molecular complexity index is 772. The largest absolute Gasteiger partial charge is 0.290 e. The number of allylic oxidation sites excluding steroid dienone is 8. The SMILES string of the molecule is O=C1C=CC2C(=C1)C=CC1=C2C(=O)c2ccccc2C1. The van der Waals surface area contributed by atoms with E-state index in [2.05, 4.69) is 0 Å². The first-order valence-electron chi connectivity index (χ1n) is 6.71. The quantitative estimate of drug-likeness (QED) is 0.718. The lowest BCUT2D eigenvalue weighted by Gasteiger charge is -2.30. The zero-order chi connectivity index (χ0) is 13.7. The van der Waals surface area contributed by atoms with Crippen molar-refractivity contribution < 1.29 is 9.59 Å². The second kappa shape index (κ2) is 4.01. The van der Waals surface area contributed by atoms with Gasteiger partial charge in [0.25, 0.3) is 0 Å². The maximum Gasteiger partial charge on any atom is 0.190 e. The van der Waals surface area contributed by atoms with Crippen LogP contribution in [-0.2, 0) is 11.2 Å². The second-order valence-electron chi connectivity index (χ2n) is 5.32. The van der Waals surface area contributed by atoms with Crippen LogP contribution >= 0.6 is 0 Å². The number of ketones is 2. The predicted octanol–water partition coefficient (Wildman–Crippen LogP) is 2.97. The second-order valence-corrected chi connectivity index (χ2v) is 5.32. The van der Waals surface area contributed by atoms with Crippen LogP contribution in [0.4, 0.5) is 0 Å². The standard InChI is InChI=1S/C18H12O2/c19-14-7-8-15-12(10-14)5-6-13-9-11-3-1-2-4-16(11)18(20)17(13)15/h1-8,10,15H,9H2. The summed E-state index contributed by atoms with van der Waals surface area (Å²) >= 11 is 0. The molecule has 3 aliphatic rings.